The van der Waals surface area contributed by atoms with Gasteiger partial charge in [0.15, 0.2) is 11.5 Å². The summed E-state index contributed by atoms with van der Waals surface area (Å²) in [5.74, 6) is -0.660. The van der Waals surface area contributed by atoms with Crippen LogP contribution in [-0.4, -0.2) is 83.8 Å². The van der Waals surface area contributed by atoms with Gasteiger partial charge in [-0.3, -0.25) is 14.5 Å². The van der Waals surface area contributed by atoms with Crippen molar-refractivity contribution in [2.45, 2.75) is 32.4 Å². The van der Waals surface area contributed by atoms with E-state index in [9.17, 15) is 19.8 Å². The maximum Gasteiger partial charge on any atom is 0.295 e. The third-order valence-corrected chi connectivity index (χ3v) is 7.07. The van der Waals surface area contributed by atoms with Crippen LogP contribution in [0.3, 0.4) is 0 Å². The molecule has 5 rings (SSSR count). The second-order valence-electron chi connectivity index (χ2n) is 9.56. The van der Waals surface area contributed by atoms with Crippen molar-refractivity contribution >= 4 is 17.4 Å². The number of rotatable bonds is 7. The Labute approximate surface area is 215 Å². The summed E-state index contributed by atoms with van der Waals surface area (Å²) in [6, 6.07) is 9.23. The van der Waals surface area contributed by atoms with Crippen LogP contribution in [0.4, 0.5) is 0 Å². The molecule has 0 spiro atoms. The van der Waals surface area contributed by atoms with Crippen LogP contribution in [0.2, 0.25) is 0 Å². The highest BCUT2D eigenvalue weighted by atomic mass is 16.5. The summed E-state index contributed by atoms with van der Waals surface area (Å²) in [5.41, 5.74) is 1.99. The van der Waals surface area contributed by atoms with E-state index in [0.717, 1.165) is 24.4 Å². The number of carbonyl (C=O) groups is 2. The molecule has 3 aliphatic heterocycles. The molecule has 0 bridgehead atoms. The largest absolute Gasteiger partial charge is 0.507 e. The molecule has 2 fully saturated rings. The Morgan fingerprint density at radius 2 is 1.89 bits per heavy atom. The monoisotopic (exact) mass is 508 g/mol. The Hall–Kier alpha value is -3.56. The topological polar surface area (TPSA) is 109 Å². The smallest absolute Gasteiger partial charge is 0.295 e. The number of hydrogen-bond acceptors (Lipinski definition) is 8. The minimum atomic E-state index is -0.829. The first-order valence-corrected chi connectivity index (χ1v) is 12.7. The number of morpholine rings is 1. The number of ether oxygens (including phenoxy) is 3. The molecule has 2 saturated heterocycles. The summed E-state index contributed by atoms with van der Waals surface area (Å²) < 4.78 is 16.8. The van der Waals surface area contributed by atoms with Gasteiger partial charge in [-0.05, 0) is 55.3 Å². The van der Waals surface area contributed by atoms with E-state index in [1.54, 1.807) is 31.2 Å². The molecule has 0 saturated carbocycles. The number of aromatic hydroxyl groups is 1. The van der Waals surface area contributed by atoms with E-state index in [4.69, 9.17) is 14.2 Å². The average molecular weight is 509 g/mol. The molecule has 37 heavy (non-hydrogen) atoms. The number of phenols is 1. The van der Waals surface area contributed by atoms with Gasteiger partial charge in [-0.25, -0.2) is 0 Å². The van der Waals surface area contributed by atoms with E-state index in [2.05, 4.69) is 4.90 Å². The van der Waals surface area contributed by atoms with Crippen LogP contribution in [0.25, 0.3) is 5.76 Å². The number of phenolic OH excluding ortho intramolecular Hbond substituents is 1. The summed E-state index contributed by atoms with van der Waals surface area (Å²) >= 11 is 0. The van der Waals surface area contributed by atoms with E-state index in [-0.39, 0.29) is 28.9 Å². The van der Waals surface area contributed by atoms with E-state index < -0.39 is 17.7 Å². The molecule has 9 heteroatoms. The molecule has 2 aromatic carbocycles. The number of aliphatic hydroxyl groups is 1. The number of ketones is 1. The number of carbonyl (C=O) groups excluding carboxylic acids is 2. The number of likely N-dealkylation sites (tertiary alicyclic amines) is 1. The third kappa shape index (κ3) is 4.89. The van der Waals surface area contributed by atoms with Crippen molar-refractivity contribution in [2.75, 3.05) is 46.0 Å². The van der Waals surface area contributed by atoms with Crippen LogP contribution in [0.1, 0.15) is 36.6 Å². The van der Waals surface area contributed by atoms with Crippen molar-refractivity contribution in [2.24, 2.45) is 0 Å². The number of nitrogens with zero attached hydrogens (tertiary/aromatic N) is 2. The first-order chi connectivity index (χ1) is 17.9. The van der Waals surface area contributed by atoms with Crippen molar-refractivity contribution in [3.63, 3.8) is 0 Å². The second kappa shape index (κ2) is 10.4. The van der Waals surface area contributed by atoms with Crippen molar-refractivity contribution in [3.8, 4) is 17.2 Å². The Morgan fingerprint density at radius 3 is 2.65 bits per heavy atom. The van der Waals surface area contributed by atoms with Gasteiger partial charge in [0.05, 0.1) is 31.4 Å². The van der Waals surface area contributed by atoms with Crippen LogP contribution in [-0.2, 0) is 20.7 Å². The highest BCUT2D eigenvalue weighted by molar-refractivity contribution is 6.46. The van der Waals surface area contributed by atoms with E-state index >= 15 is 0 Å². The average Bonchev–Trinajstić information content (AvgIpc) is 3.39. The van der Waals surface area contributed by atoms with Gasteiger partial charge in [0.25, 0.3) is 11.7 Å². The van der Waals surface area contributed by atoms with Gasteiger partial charge in [0.2, 0.25) is 0 Å². The molecule has 196 valence electrons. The fourth-order valence-corrected chi connectivity index (χ4v) is 5.23. The van der Waals surface area contributed by atoms with Crippen molar-refractivity contribution in [1.82, 2.24) is 9.80 Å². The van der Waals surface area contributed by atoms with Crippen molar-refractivity contribution in [3.05, 3.63) is 58.7 Å². The maximum absolute atomic E-state index is 13.4. The molecule has 0 aromatic heterocycles. The zero-order valence-corrected chi connectivity index (χ0v) is 21.1. The van der Waals surface area contributed by atoms with Gasteiger partial charge in [-0.1, -0.05) is 6.07 Å². The predicted octanol–water partition coefficient (Wildman–Crippen LogP) is 2.87. The molecule has 2 aromatic rings. The summed E-state index contributed by atoms with van der Waals surface area (Å²) in [6.07, 6.45) is 0.732. The molecule has 3 aliphatic rings. The summed E-state index contributed by atoms with van der Waals surface area (Å²) in [6.45, 7) is 7.72. The minimum Gasteiger partial charge on any atom is -0.507 e. The molecular weight excluding hydrogens is 476 g/mol. The number of fused-ring (bicyclic) bond motifs is 1. The van der Waals surface area contributed by atoms with Gasteiger partial charge in [0, 0.05) is 38.2 Å². The van der Waals surface area contributed by atoms with Crippen LogP contribution in [0.15, 0.2) is 42.0 Å². The van der Waals surface area contributed by atoms with Crippen molar-refractivity contribution < 1.29 is 34.0 Å². The highest BCUT2D eigenvalue weighted by Gasteiger charge is 2.46. The lowest BCUT2D eigenvalue weighted by Gasteiger charge is -2.31. The third-order valence-electron chi connectivity index (χ3n) is 7.07. The molecule has 1 amide bonds. The van der Waals surface area contributed by atoms with Gasteiger partial charge in [0.1, 0.15) is 17.6 Å². The van der Waals surface area contributed by atoms with Gasteiger partial charge >= 0.3 is 0 Å². The fraction of sp³-hybridized carbons (Fsp3) is 0.429. The van der Waals surface area contributed by atoms with E-state index in [1.807, 2.05) is 13.0 Å². The van der Waals surface area contributed by atoms with Gasteiger partial charge < -0.3 is 29.3 Å². The molecular formula is C28H32N2O7. The number of amides is 1. The molecule has 2 N–H and O–H groups in total. The zero-order valence-electron chi connectivity index (χ0n) is 21.1. The minimum absolute atomic E-state index is 0.0204. The number of benzene rings is 2. The van der Waals surface area contributed by atoms with Gasteiger partial charge in [-0.15, -0.1) is 0 Å². The SMILES string of the molecule is CCOc1cc(C2C(=C(O)c3ccc4c(c3)CC(C)O4)C(=O)C(=O)N2CCN2CCOCC2)ccc1O. The number of aliphatic hydroxyl groups excluding tert-OH is 1. The predicted molar refractivity (Wildman–Crippen MR) is 136 cm³/mol. The Balaban J connectivity index is 1.56. The fourth-order valence-electron chi connectivity index (χ4n) is 5.23. The van der Waals surface area contributed by atoms with E-state index in [1.165, 1.54) is 11.0 Å². The standard InChI is InChI=1S/C28H32N2O7/c1-3-36-23-16-18(4-6-21(23)31)25-24(26(32)19-5-7-22-20(15-19)14-17(2)37-22)27(33)28(34)30(25)9-8-29-10-12-35-13-11-29/h4-7,15-17,25,31-32H,3,8-14H2,1-2H3. The lowest BCUT2D eigenvalue weighted by atomic mass is 9.94. The van der Waals surface area contributed by atoms with Crippen LogP contribution in [0.5, 0.6) is 17.2 Å². The molecule has 0 aliphatic carbocycles. The zero-order chi connectivity index (χ0) is 26.1. The Kier molecular flexibility index (Phi) is 7.08. The molecule has 0 radical (unpaired) electrons. The highest BCUT2D eigenvalue weighted by Crippen LogP contribution is 2.42. The van der Waals surface area contributed by atoms with Gasteiger partial charge in [-0.2, -0.15) is 0 Å². The molecule has 2 unspecified atom stereocenters. The summed E-state index contributed by atoms with van der Waals surface area (Å²) in [4.78, 5) is 30.4. The number of hydrogen-bond donors (Lipinski definition) is 2. The molecule has 9 nitrogen and oxygen atoms in total. The van der Waals surface area contributed by atoms with Crippen LogP contribution < -0.4 is 9.47 Å². The lowest BCUT2D eigenvalue weighted by molar-refractivity contribution is -0.140. The normalized spacial score (nSPS) is 23.2. The summed E-state index contributed by atoms with van der Waals surface area (Å²) in [5, 5.41) is 21.7. The first-order valence-electron chi connectivity index (χ1n) is 12.7. The van der Waals surface area contributed by atoms with Crippen LogP contribution >= 0.6 is 0 Å². The molecule has 3 heterocycles. The Bertz CT molecular complexity index is 1240. The summed E-state index contributed by atoms with van der Waals surface area (Å²) in [7, 11) is 0. The first kappa shape index (κ1) is 25.1. The second-order valence-corrected chi connectivity index (χ2v) is 9.56. The van der Waals surface area contributed by atoms with Crippen molar-refractivity contribution in [1.29, 1.82) is 0 Å². The lowest BCUT2D eigenvalue weighted by Crippen LogP contribution is -2.42. The quantitative estimate of drug-likeness (QED) is 0.334. The van der Waals surface area contributed by atoms with Crippen LogP contribution in [0, 0.1) is 0 Å². The van der Waals surface area contributed by atoms with E-state index in [0.29, 0.717) is 50.5 Å². The number of Topliss-reactive ketones (excluding diaryl/α,β-unsaturated/α-hetero) is 1. The molecule has 2 atom stereocenters. The Morgan fingerprint density at radius 1 is 1.11 bits per heavy atom. The maximum atomic E-state index is 13.4.